The van der Waals surface area contributed by atoms with Crippen LogP contribution in [0.25, 0.3) is 0 Å². The Labute approximate surface area is 68.6 Å². The van der Waals surface area contributed by atoms with Crippen molar-refractivity contribution in [1.82, 2.24) is 0 Å². The number of hydrogen-bond donors (Lipinski definition) is 0. The van der Waals surface area contributed by atoms with E-state index in [9.17, 15) is 8.78 Å². The Bertz CT molecular complexity index is 23.7. The molecular formula is C4H9F2Y-. The van der Waals surface area contributed by atoms with Gasteiger partial charge in [0.05, 0.1) is 0 Å². The molecule has 0 aliphatic carbocycles. The molecule has 0 bridgehead atoms. The molecule has 0 spiro atoms. The standard InChI is InChI=1S/C3H5F2.CH4.Y/c1-2-3(4)5;;/h2H2,1H3;1H4;/q-1;;. The molecule has 0 fully saturated rings. The minimum Gasteiger partial charge on any atom is -0.421 e. The molecular weight excluding hydrogens is 175 g/mol. The van der Waals surface area contributed by atoms with Gasteiger partial charge in [0, 0.05) is 39.1 Å². The van der Waals surface area contributed by atoms with E-state index >= 15 is 0 Å². The molecule has 0 aromatic heterocycles. The summed E-state index contributed by atoms with van der Waals surface area (Å²) < 4.78 is 21.4. The quantitative estimate of drug-likeness (QED) is 0.549. The van der Waals surface area contributed by atoms with Crippen molar-refractivity contribution in [3.8, 4) is 0 Å². The Morgan fingerprint density at radius 2 is 1.57 bits per heavy atom. The van der Waals surface area contributed by atoms with Crippen molar-refractivity contribution in [1.29, 1.82) is 0 Å². The van der Waals surface area contributed by atoms with Crippen LogP contribution in [0.1, 0.15) is 20.8 Å². The fourth-order valence-corrected chi connectivity index (χ4v) is 0. The van der Waals surface area contributed by atoms with Gasteiger partial charge in [-0.05, 0) is 0 Å². The third-order valence-electron chi connectivity index (χ3n) is 0.267. The van der Waals surface area contributed by atoms with Crippen LogP contribution in [0.15, 0.2) is 0 Å². The third-order valence-corrected chi connectivity index (χ3v) is 0.267. The Balaban J connectivity index is -0.0000000800. The van der Waals surface area contributed by atoms with Gasteiger partial charge in [-0.1, -0.05) is 14.4 Å². The molecule has 0 unspecified atom stereocenters. The Kier molecular flexibility index (Phi) is 22.5. The van der Waals surface area contributed by atoms with Crippen molar-refractivity contribution in [2.24, 2.45) is 0 Å². The second-order valence-electron chi connectivity index (χ2n) is 0.692. The normalized spacial score (nSPS) is 6.86. The van der Waals surface area contributed by atoms with Crippen LogP contribution < -0.4 is 0 Å². The van der Waals surface area contributed by atoms with E-state index in [-0.39, 0.29) is 46.6 Å². The molecule has 0 nitrogen and oxygen atoms in total. The van der Waals surface area contributed by atoms with Crippen molar-refractivity contribution in [2.75, 3.05) is 0 Å². The van der Waals surface area contributed by atoms with Gasteiger partial charge in [-0.15, -0.1) is 6.42 Å². The van der Waals surface area contributed by atoms with E-state index < -0.39 is 6.43 Å². The Morgan fingerprint density at radius 1 is 1.43 bits per heavy atom. The maximum atomic E-state index is 10.7. The van der Waals surface area contributed by atoms with E-state index in [4.69, 9.17) is 0 Å². The Hall–Kier alpha value is 0.964. The topological polar surface area (TPSA) is 0 Å². The molecule has 0 atom stereocenters. The molecule has 3 heteroatoms. The molecule has 0 saturated carbocycles. The van der Waals surface area contributed by atoms with E-state index in [1.165, 1.54) is 6.92 Å². The van der Waals surface area contributed by atoms with E-state index in [0.29, 0.717) is 0 Å². The third kappa shape index (κ3) is 19.5. The van der Waals surface area contributed by atoms with Crippen LogP contribution >= 0.6 is 0 Å². The monoisotopic (exact) mass is 184 g/mol. The van der Waals surface area contributed by atoms with Crippen LogP contribution in [0.5, 0.6) is 0 Å². The van der Waals surface area contributed by atoms with Gasteiger partial charge >= 0.3 is 0 Å². The molecule has 0 saturated heterocycles. The average molecular weight is 184 g/mol. The van der Waals surface area contributed by atoms with Crippen molar-refractivity contribution in [3.63, 3.8) is 0 Å². The van der Waals surface area contributed by atoms with Crippen molar-refractivity contribution < 1.29 is 41.5 Å². The summed E-state index contributed by atoms with van der Waals surface area (Å²) in [6.07, 6.45) is -1.61. The zero-order chi connectivity index (χ0) is 4.28. The smallest absolute Gasteiger partial charge is 0.00106 e. The van der Waals surface area contributed by atoms with Crippen LogP contribution in [0, 0.1) is 6.43 Å². The van der Waals surface area contributed by atoms with Crippen LogP contribution in [-0.4, -0.2) is 0 Å². The average Bonchev–Trinajstić information content (AvgIpc) is 1.38. The summed E-state index contributed by atoms with van der Waals surface area (Å²) in [4.78, 5) is 0. The summed E-state index contributed by atoms with van der Waals surface area (Å²) in [6, 6.07) is 0. The molecule has 0 heterocycles. The Morgan fingerprint density at radius 3 is 1.57 bits per heavy atom. The summed E-state index contributed by atoms with van der Waals surface area (Å²) in [5.74, 6) is 0. The molecule has 0 rings (SSSR count). The van der Waals surface area contributed by atoms with Crippen LogP contribution in [-0.2, 0) is 32.7 Å². The van der Waals surface area contributed by atoms with Gasteiger partial charge in [0.15, 0.2) is 0 Å². The molecule has 43 valence electrons. The molecule has 0 aromatic carbocycles. The second-order valence-corrected chi connectivity index (χ2v) is 0.692. The van der Waals surface area contributed by atoms with Crippen LogP contribution in [0.2, 0.25) is 0 Å². The van der Waals surface area contributed by atoms with E-state index in [1.54, 1.807) is 0 Å². The van der Waals surface area contributed by atoms with Gasteiger partial charge < -0.3 is 8.78 Å². The molecule has 0 N–H and O–H groups in total. The van der Waals surface area contributed by atoms with Crippen LogP contribution in [0.4, 0.5) is 8.78 Å². The van der Waals surface area contributed by atoms with Gasteiger partial charge in [0.1, 0.15) is 0 Å². The first-order chi connectivity index (χ1) is 2.27. The largest absolute Gasteiger partial charge is 0.421 e. The van der Waals surface area contributed by atoms with E-state index in [1.807, 2.05) is 0 Å². The van der Waals surface area contributed by atoms with E-state index in [0.717, 1.165) is 0 Å². The SMILES string of the molecule is C.CC[C-](F)F.[Y]. The predicted octanol–water partition coefficient (Wildman–Crippen LogP) is 2.46. The first kappa shape index (κ1) is 15.7. The second kappa shape index (κ2) is 10.1. The summed E-state index contributed by atoms with van der Waals surface area (Å²) in [6.45, 7) is 1.41. The summed E-state index contributed by atoms with van der Waals surface area (Å²) in [5, 5.41) is 0. The molecule has 0 aliphatic heterocycles. The van der Waals surface area contributed by atoms with Crippen molar-refractivity contribution in [2.45, 2.75) is 20.8 Å². The van der Waals surface area contributed by atoms with Gasteiger partial charge in [-0.3, -0.25) is 0 Å². The molecule has 0 aromatic rings. The van der Waals surface area contributed by atoms with Crippen LogP contribution in [0.3, 0.4) is 0 Å². The van der Waals surface area contributed by atoms with Crippen molar-refractivity contribution in [3.05, 3.63) is 6.43 Å². The summed E-state index contributed by atoms with van der Waals surface area (Å²) >= 11 is 0. The number of rotatable bonds is 1. The molecule has 0 aliphatic rings. The summed E-state index contributed by atoms with van der Waals surface area (Å²) in [5.41, 5.74) is 0. The van der Waals surface area contributed by atoms with E-state index in [2.05, 4.69) is 0 Å². The first-order valence-corrected chi connectivity index (χ1v) is 1.44. The van der Waals surface area contributed by atoms with Gasteiger partial charge in [0.2, 0.25) is 0 Å². The minimum atomic E-state index is -1.50. The predicted molar refractivity (Wildman–Crippen MR) is 22.5 cm³/mol. The van der Waals surface area contributed by atoms with Crippen molar-refractivity contribution >= 4 is 0 Å². The zero-order valence-electron chi connectivity index (χ0n) is 3.54. The summed E-state index contributed by atoms with van der Waals surface area (Å²) in [7, 11) is 0. The number of hydrogen-bond acceptors (Lipinski definition) is 0. The first-order valence-electron chi connectivity index (χ1n) is 1.44. The maximum absolute atomic E-state index is 10.7. The maximum Gasteiger partial charge on any atom is 0.00106 e. The molecule has 7 heavy (non-hydrogen) atoms. The number of halogens is 2. The fraction of sp³-hybridized carbons (Fsp3) is 0.750. The minimum absolute atomic E-state index is 0. The zero-order valence-corrected chi connectivity index (χ0v) is 6.38. The van der Waals surface area contributed by atoms with Gasteiger partial charge in [0.25, 0.3) is 0 Å². The molecule has 0 amide bonds. The van der Waals surface area contributed by atoms with Gasteiger partial charge in [-0.25, -0.2) is 0 Å². The molecule has 1 radical (unpaired) electrons. The van der Waals surface area contributed by atoms with Gasteiger partial charge in [-0.2, -0.15) is 0 Å². The fourth-order valence-electron chi connectivity index (χ4n) is 0.